The van der Waals surface area contributed by atoms with Crippen LogP contribution in [0.25, 0.3) is 0 Å². The predicted molar refractivity (Wildman–Crippen MR) is 63.3 cm³/mol. The fraction of sp³-hybridized carbons (Fsp3) is 0.273. The van der Waals surface area contributed by atoms with Crippen molar-refractivity contribution in [2.75, 3.05) is 7.05 Å². The summed E-state index contributed by atoms with van der Waals surface area (Å²) in [5, 5.41) is 10.9. The van der Waals surface area contributed by atoms with Crippen LogP contribution >= 0.6 is 11.6 Å². The maximum absolute atomic E-state index is 13.4. The van der Waals surface area contributed by atoms with Gasteiger partial charge < -0.3 is 5.32 Å². The van der Waals surface area contributed by atoms with Crippen LogP contribution in [-0.2, 0) is 7.05 Å². The average Bonchev–Trinajstić information content (AvgIpc) is 2.72. The Labute approximate surface area is 103 Å². The van der Waals surface area contributed by atoms with Crippen molar-refractivity contribution in [3.8, 4) is 0 Å². The van der Waals surface area contributed by atoms with E-state index in [1.807, 2.05) is 0 Å². The van der Waals surface area contributed by atoms with Crippen molar-refractivity contribution in [2.45, 2.75) is 6.04 Å². The molecule has 1 heterocycles. The Bertz CT molecular complexity index is 526. The maximum Gasteiger partial charge on any atom is 0.142 e. The molecular formula is C11H12ClFN4. The van der Waals surface area contributed by atoms with Gasteiger partial charge in [0.2, 0.25) is 0 Å². The fourth-order valence-corrected chi connectivity index (χ4v) is 2.00. The van der Waals surface area contributed by atoms with Crippen molar-refractivity contribution in [2.24, 2.45) is 7.05 Å². The standard InChI is InChI=1S/C11H12ClFN4/c1-14-11(9-6-15-16-17(9)2)7-4-3-5-8(13)10(7)12/h3-6,11,14H,1-2H3. The van der Waals surface area contributed by atoms with E-state index in [9.17, 15) is 4.39 Å². The normalized spacial score (nSPS) is 12.7. The maximum atomic E-state index is 13.4. The fourth-order valence-electron chi connectivity index (χ4n) is 1.77. The lowest BCUT2D eigenvalue weighted by Crippen LogP contribution is -2.21. The highest BCUT2D eigenvalue weighted by Gasteiger charge is 2.20. The third kappa shape index (κ3) is 2.16. The summed E-state index contributed by atoms with van der Waals surface area (Å²) in [6.07, 6.45) is 1.63. The van der Waals surface area contributed by atoms with Gasteiger partial charge in [-0.15, -0.1) is 5.10 Å². The Morgan fingerprint density at radius 3 is 2.82 bits per heavy atom. The largest absolute Gasteiger partial charge is 0.308 e. The molecule has 0 aliphatic carbocycles. The monoisotopic (exact) mass is 254 g/mol. The second kappa shape index (κ2) is 4.81. The minimum absolute atomic E-state index is 0.119. The molecule has 90 valence electrons. The highest BCUT2D eigenvalue weighted by molar-refractivity contribution is 6.31. The van der Waals surface area contributed by atoms with E-state index in [2.05, 4.69) is 15.6 Å². The summed E-state index contributed by atoms with van der Waals surface area (Å²) < 4.78 is 15.0. The molecule has 1 N–H and O–H groups in total. The van der Waals surface area contributed by atoms with Gasteiger partial charge >= 0.3 is 0 Å². The average molecular weight is 255 g/mol. The van der Waals surface area contributed by atoms with Gasteiger partial charge in [0.1, 0.15) is 5.82 Å². The number of nitrogens with zero attached hydrogens (tertiary/aromatic N) is 3. The topological polar surface area (TPSA) is 42.7 Å². The Hall–Kier alpha value is -1.46. The Kier molecular flexibility index (Phi) is 3.40. The summed E-state index contributed by atoms with van der Waals surface area (Å²) in [7, 11) is 3.55. The number of hydrogen-bond donors (Lipinski definition) is 1. The molecule has 6 heteroatoms. The first kappa shape index (κ1) is 12.0. The van der Waals surface area contributed by atoms with Crippen LogP contribution in [-0.4, -0.2) is 22.0 Å². The molecule has 2 rings (SSSR count). The number of rotatable bonds is 3. The first-order valence-electron chi connectivity index (χ1n) is 5.11. The van der Waals surface area contributed by atoms with Gasteiger partial charge in [-0.25, -0.2) is 4.39 Å². The molecule has 0 spiro atoms. The first-order valence-corrected chi connectivity index (χ1v) is 5.48. The second-order valence-corrected chi connectivity index (χ2v) is 4.03. The van der Waals surface area contributed by atoms with E-state index in [1.54, 1.807) is 37.1 Å². The molecule has 1 atom stereocenters. The van der Waals surface area contributed by atoms with E-state index in [1.165, 1.54) is 6.07 Å². The molecule has 0 bridgehead atoms. The van der Waals surface area contributed by atoms with Crippen LogP contribution in [0.2, 0.25) is 5.02 Å². The highest BCUT2D eigenvalue weighted by Crippen LogP contribution is 2.29. The van der Waals surface area contributed by atoms with Gasteiger partial charge in [-0.3, -0.25) is 4.68 Å². The van der Waals surface area contributed by atoms with Crippen LogP contribution in [0.4, 0.5) is 4.39 Å². The van der Waals surface area contributed by atoms with E-state index < -0.39 is 5.82 Å². The van der Waals surface area contributed by atoms with Crippen molar-refractivity contribution < 1.29 is 4.39 Å². The summed E-state index contributed by atoms with van der Waals surface area (Å²) in [5.74, 6) is -0.431. The smallest absolute Gasteiger partial charge is 0.142 e. The lowest BCUT2D eigenvalue weighted by atomic mass is 10.0. The summed E-state index contributed by atoms with van der Waals surface area (Å²) >= 11 is 5.97. The van der Waals surface area contributed by atoms with Crippen LogP contribution in [0.1, 0.15) is 17.3 Å². The van der Waals surface area contributed by atoms with Crippen LogP contribution in [0, 0.1) is 5.82 Å². The van der Waals surface area contributed by atoms with Gasteiger partial charge in [0.05, 0.1) is 23.0 Å². The lowest BCUT2D eigenvalue weighted by Gasteiger charge is -2.17. The number of aromatic nitrogens is 3. The summed E-state index contributed by atoms with van der Waals surface area (Å²) in [5.41, 5.74) is 1.49. The molecule has 2 aromatic rings. The summed E-state index contributed by atoms with van der Waals surface area (Å²) in [4.78, 5) is 0. The van der Waals surface area contributed by atoms with E-state index in [4.69, 9.17) is 11.6 Å². The van der Waals surface area contributed by atoms with Crippen molar-refractivity contribution in [3.63, 3.8) is 0 Å². The van der Waals surface area contributed by atoms with Gasteiger partial charge in [0.15, 0.2) is 0 Å². The SMILES string of the molecule is CNC(c1cccc(F)c1Cl)c1cnnn1C. The minimum Gasteiger partial charge on any atom is -0.308 e. The quantitative estimate of drug-likeness (QED) is 0.910. The van der Waals surface area contributed by atoms with Crippen molar-refractivity contribution in [1.82, 2.24) is 20.3 Å². The van der Waals surface area contributed by atoms with Crippen molar-refractivity contribution in [1.29, 1.82) is 0 Å². The van der Waals surface area contributed by atoms with E-state index >= 15 is 0 Å². The van der Waals surface area contributed by atoms with E-state index in [0.29, 0.717) is 5.56 Å². The molecule has 0 saturated carbocycles. The van der Waals surface area contributed by atoms with Gasteiger partial charge in [0.25, 0.3) is 0 Å². The summed E-state index contributed by atoms with van der Waals surface area (Å²) in [6.45, 7) is 0. The molecular weight excluding hydrogens is 243 g/mol. The second-order valence-electron chi connectivity index (χ2n) is 3.65. The zero-order valence-electron chi connectivity index (χ0n) is 9.48. The van der Waals surface area contributed by atoms with Crippen molar-refractivity contribution >= 4 is 11.6 Å². The summed E-state index contributed by atoms with van der Waals surface area (Å²) in [6, 6.07) is 4.50. The van der Waals surface area contributed by atoms with Crippen molar-refractivity contribution in [3.05, 3.63) is 46.5 Å². The van der Waals surface area contributed by atoms with Crippen LogP contribution in [0.15, 0.2) is 24.4 Å². The van der Waals surface area contributed by atoms with Crippen LogP contribution in [0.5, 0.6) is 0 Å². The molecule has 0 radical (unpaired) electrons. The van der Waals surface area contributed by atoms with E-state index in [0.717, 1.165) is 5.69 Å². The Morgan fingerprint density at radius 1 is 1.47 bits per heavy atom. The highest BCUT2D eigenvalue weighted by atomic mass is 35.5. The lowest BCUT2D eigenvalue weighted by molar-refractivity contribution is 0.587. The zero-order chi connectivity index (χ0) is 12.4. The third-order valence-electron chi connectivity index (χ3n) is 2.63. The molecule has 0 amide bonds. The molecule has 1 aromatic carbocycles. The van der Waals surface area contributed by atoms with Gasteiger partial charge in [0, 0.05) is 7.05 Å². The third-order valence-corrected chi connectivity index (χ3v) is 3.03. The molecule has 17 heavy (non-hydrogen) atoms. The predicted octanol–water partition coefficient (Wildman–Crippen LogP) is 1.92. The van der Waals surface area contributed by atoms with E-state index in [-0.39, 0.29) is 11.1 Å². The molecule has 0 aliphatic heterocycles. The van der Waals surface area contributed by atoms with Gasteiger partial charge in [-0.05, 0) is 18.7 Å². The number of benzene rings is 1. The van der Waals surface area contributed by atoms with Crippen LogP contribution in [0.3, 0.4) is 0 Å². The molecule has 1 aromatic heterocycles. The number of nitrogens with one attached hydrogen (secondary N) is 1. The molecule has 0 fully saturated rings. The Balaban J connectivity index is 2.50. The molecule has 0 aliphatic rings. The number of halogens is 2. The first-order chi connectivity index (χ1) is 8.15. The van der Waals surface area contributed by atoms with Crippen LogP contribution < -0.4 is 5.32 Å². The van der Waals surface area contributed by atoms with Gasteiger partial charge in [-0.2, -0.15) is 0 Å². The Morgan fingerprint density at radius 2 is 2.24 bits per heavy atom. The molecule has 1 unspecified atom stereocenters. The zero-order valence-corrected chi connectivity index (χ0v) is 10.2. The number of hydrogen-bond acceptors (Lipinski definition) is 3. The minimum atomic E-state index is -0.431. The van der Waals surface area contributed by atoms with Gasteiger partial charge in [-0.1, -0.05) is 28.9 Å². The number of aryl methyl sites for hydroxylation is 1. The molecule has 0 saturated heterocycles. The molecule has 4 nitrogen and oxygen atoms in total.